The number of hydrogen-bond donors (Lipinski definition) is 1. The number of fused-ring (bicyclic) bond motifs is 3. The highest BCUT2D eigenvalue weighted by Crippen LogP contribution is 2.36. The number of hydrogen-bond acceptors (Lipinski definition) is 4. The van der Waals surface area contributed by atoms with Gasteiger partial charge in [-0.2, -0.15) is 0 Å². The molecule has 2 aliphatic heterocycles. The Labute approximate surface area is 221 Å². The van der Waals surface area contributed by atoms with Gasteiger partial charge in [-0.05, 0) is 54.8 Å². The molecule has 6 rings (SSSR count). The highest BCUT2D eigenvalue weighted by molar-refractivity contribution is 6.04. The second-order valence-electron chi connectivity index (χ2n) is 10.8. The lowest BCUT2D eigenvalue weighted by atomic mass is 9.91. The van der Waals surface area contributed by atoms with Crippen molar-refractivity contribution >= 4 is 16.8 Å². The van der Waals surface area contributed by atoms with Gasteiger partial charge in [-0.25, -0.2) is 8.78 Å². The lowest BCUT2D eigenvalue weighted by Gasteiger charge is -2.35. The minimum atomic E-state index is -1.58. The average Bonchev–Trinajstić information content (AvgIpc) is 3.26. The number of benzene rings is 2. The van der Waals surface area contributed by atoms with Crippen LogP contribution in [0.25, 0.3) is 10.9 Å². The van der Waals surface area contributed by atoms with E-state index in [1.54, 1.807) is 18.3 Å². The number of alkyl halides is 1. The number of aliphatic hydroxyl groups is 1. The number of piperidine rings is 1. The van der Waals surface area contributed by atoms with Gasteiger partial charge in [0.05, 0.1) is 17.7 Å². The fraction of sp³-hybridized carbons (Fsp3) is 0.419. The Balaban J connectivity index is 1.20. The minimum Gasteiger partial charge on any atom is -0.391 e. The van der Waals surface area contributed by atoms with Gasteiger partial charge in [0.2, 0.25) is 0 Å². The molecule has 196 valence electrons. The lowest BCUT2D eigenvalue weighted by molar-refractivity contribution is 0.0192. The summed E-state index contributed by atoms with van der Waals surface area (Å²) in [6.45, 7) is 2.16. The fourth-order valence-electron chi connectivity index (χ4n) is 6.12. The third-order valence-electron chi connectivity index (χ3n) is 8.31. The van der Waals surface area contributed by atoms with Crippen molar-refractivity contribution in [2.75, 3.05) is 13.1 Å². The SMILES string of the molecule is O=C1c2cc(CN3CCC(F)(C#Cc4ccc(F)cc4)CC3)c3cccnc3c2CN1C1CCCCC1O. The molecule has 38 heavy (non-hydrogen) atoms. The molecule has 5 nitrogen and oxygen atoms in total. The Bertz CT molecular complexity index is 1420. The first kappa shape index (κ1) is 25.0. The summed E-state index contributed by atoms with van der Waals surface area (Å²) in [6, 6.07) is 11.6. The Morgan fingerprint density at radius 3 is 2.63 bits per heavy atom. The molecule has 1 saturated carbocycles. The number of halogens is 2. The van der Waals surface area contributed by atoms with Crippen molar-refractivity contribution in [3.8, 4) is 11.8 Å². The van der Waals surface area contributed by atoms with Crippen molar-refractivity contribution < 1.29 is 18.7 Å². The maximum atomic E-state index is 15.4. The standard InChI is InChI=1S/C31H31F2N3O2/c32-23-9-7-21(8-10-23)11-12-31(33)13-16-35(17-14-31)19-22-18-25-26(29-24(22)4-3-15-34-29)20-36(30(25)38)27-5-1-2-6-28(27)37/h3-4,7-10,15,18,27-28,37H,1-2,5-6,13-14,16-17,19-20H2. The molecule has 0 bridgehead atoms. The largest absolute Gasteiger partial charge is 0.391 e. The first-order valence-corrected chi connectivity index (χ1v) is 13.5. The van der Waals surface area contributed by atoms with Crippen molar-refractivity contribution in [2.45, 2.75) is 69.4 Å². The Hall–Kier alpha value is -3.34. The van der Waals surface area contributed by atoms with Crippen molar-refractivity contribution in [1.82, 2.24) is 14.8 Å². The molecular formula is C31H31F2N3O2. The molecule has 3 heterocycles. The molecule has 1 N–H and O–H groups in total. The summed E-state index contributed by atoms with van der Waals surface area (Å²) in [5, 5.41) is 11.6. The first-order chi connectivity index (χ1) is 18.4. The Morgan fingerprint density at radius 1 is 1.11 bits per heavy atom. The van der Waals surface area contributed by atoms with Gasteiger partial charge >= 0.3 is 0 Å². The van der Waals surface area contributed by atoms with E-state index in [0.717, 1.165) is 47.7 Å². The van der Waals surface area contributed by atoms with Crippen molar-refractivity contribution in [3.05, 3.63) is 76.7 Å². The third kappa shape index (κ3) is 4.79. The fourth-order valence-corrected chi connectivity index (χ4v) is 6.12. The molecule has 1 saturated heterocycles. The van der Waals surface area contributed by atoms with Crippen LogP contribution in [0.1, 0.15) is 65.6 Å². The zero-order valence-electron chi connectivity index (χ0n) is 21.3. The maximum Gasteiger partial charge on any atom is 0.254 e. The number of rotatable bonds is 3. The molecule has 3 aromatic rings. The lowest BCUT2D eigenvalue weighted by Crippen LogP contribution is -2.45. The Kier molecular flexibility index (Phi) is 6.63. The van der Waals surface area contributed by atoms with E-state index in [-0.39, 0.29) is 30.6 Å². The molecule has 2 fully saturated rings. The van der Waals surface area contributed by atoms with Gasteiger partial charge in [-0.15, -0.1) is 0 Å². The Morgan fingerprint density at radius 2 is 1.87 bits per heavy atom. The van der Waals surface area contributed by atoms with Gasteiger partial charge in [0.15, 0.2) is 5.67 Å². The molecule has 1 aliphatic carbocycles. The summed E-state index contributed by atoms with van der Waals surface area (Å²) in [7, 11) is 0. The van der Waals surface area contributed by atoms with E-state index in [0.29, 0.717) is 37.3 Å². The predicted octanol–water partition coefficient (Wildman–Crippen LogP) is 4.99. The van der Waals surface area contributed by atoms with Gasteiger partial charge in [-0.1, -0.05) is 30.7 Å². The third-order valence-corrected chi connectivity index (χ3v) is 8.31. The van der Waals surface area contributed by atoms with Gasteiger partial charge < -0.3 is 10.0 Å². The van der Waals surface area contributed by atoms with Crippen LogP contribution in [-0.2, 0) is 13.1 Å². The summed E-state index contributed by atoms with van der Waals surface area (Å²) in [4.78, 5) is 22.2. The summed E-state index contributed by atoms with van der Waals surface area (Å²) in [5.74, 6) is 5.27. The number of nitrogens with zero attached hydrogens (tertiary/aromatic N) is 3. The molecule has 3 aliphatic rings. The number of likely N-dealkylation sites (tertiary alicyclic amines) is 1. The van der Waals surface area contributed by atoms with E-state index < -0.39 is 11.8 Å². The number of pyridine rings is 1. The van der Waals surface area contributed by atoms with Crippen molar-refractivity contribution in [3.63, 3.8) is 0 Å². The maximum absolute atomic E-state index is 15.4. The summed E-state index contributed by atoms with van der Waals surface area (Å²) >= 11 is 0. The molecule has 7 heteroatoms. The monoisotopic (exact) mass is 515 g/mol. The molecule has 2 unspecified atom stereocenters. The van der Waals surface area contributed by atoms with E-state index in [4.69, 9.17) is 0 Å². The first-order valence-electron chi connectivity index (χ1n) is 13.5. The van der Waals surface area contributed by atoms with Gasteiger partial charge in [0.25, 0.3) is 5.91 Å². The number of carbonyl (C=O) groups excluding carboxylic acids is 1. The molecule has 2 aromatic carbocycles. The van der Waals surface area contributed by atoms with Gasteiger partial charge in [0, 0.05) is 67.3 Å². The normalized spacial score (nSPS) is 23.2. The summed E-state index contributed by atoms with van der Waals surface area (Å²) < 4.78 is 28.6. The number of aliphatic hydroxyl groups excluding tert-OH is 1. The zero-order valence-corrected chi connectivity index (χ0v) is 21.3. The summed E-state index contributed by atoms with van der Waals surface area (Å²) in [5.41, 5.74) is 2.47. The second-order valence-corrected chi connectivity index (χ2v) is 10.8. The topological polar surface area (TPSA) is 56.7 Å². The van der Waals surface area contributed by atoms with E-state index in [1.165, 1.54) is 12.1 Å². The van der Waals surface area contributed by atoms with Crippen LogP contribution in [-0.4, -0.2) is 56.7 Å². The summed E-state index contributed by atoms with van der Waals surface area (Å²) in [6.07, 6.45) is 5.41. The quantitative estimate of drug-likeness (QED) is 0.500. The van der Waals surface area contributed by atoms with Crippen LogP contribution in [0.2, 0.25) is 0 Å². The van der Waals surface area contributed by atoms with E-state index in [2.05, 4.69) is 21.7 Å². The van der Waals surface area contributed by atoms with Crippen LogP contribution in [0.4, 0.5) is 8.78 Å². The molecule has 0 radical (unpaired) electrons. The minimum absolute atomic E-state index is 0.0303. The molecule has 1 aromatic heterocycles. The van der Waals surface area contributed by atoms with Gasteiger partial charge in [-0.3, -0.25) is 14.7 Å². The van der Waals surface area contributed by atoms with E-state index in [1.807, 2.05) is 23.1 Å². The number of carbonyl (C=O) groups is 1. The van der Waals surface area contributed by atoms with Crippen LogP contribution in [0.15, 0.2) is 48.7 Å². The van der Waals surface area contributed by atoms with E-state index in [9.17, 15) is 14.3 Å². The zero-order chi connectivity index (χ0) is 26.3. The highest BCUT2D eigenvalue weighted by atomic mass is 19.1. The highest BCUT2D eigenvalue weighted by Gasteiger charge is 2.39. The molecular weight excluding hydrogens is 484 g/mol. The van der Waals surface area contributed by atoms with Crippen LogP contribution < -0.4 is 0 Å². The van der Waals surface area contributed by atoms with Crippen LogP contribution >= 0.6 is 0 Å². The molecule has 0 spiro atoms. The molecule has 2 atom stereocenters. The smallest absolute Gasteiger partial charge is 0.254 e. The number of amides is 1. The van der Waals surface area contributed by atoms with Crippen LogP contribution in [0.5, 0.6) is 0 Å². The average molecular weight is 516 g/mol. The van der Waals surface area contributed by atoms with Gasteiger partial charge in [0.1, 0.15) is 5.82 Å². The predicted molar refractivity (Wildman–Crippen MR) is 142 cm³/mol. The van der Waals surface area contributed by atoms with Crippen LogP contribution in [0.3, 0.4) is 0 Å². The number of aromatic nitrogens is 1. The van der Waals surface area contributed by atoms with Crippen LogP contribution in [0, 0.1) is 17.7 Å². The van der Waals surface area contributed by atoms with Crippen molar-refractivity contribution in [1.29, 1.82) is 0 Å². The second kappa shape index (κ2) is 10.1. The van der Waals surface area contributed by atoms with E-state index >= 15 is 4.39 Å². The van der Waals surface area contributed by atoms with Crippen molar-refractivity contribution in [2.24, 2.45) is 0 Å². The molecule has 1 amide bonds.